The van der Waals surface area contributed by atoms with Gasteiger partial charge in [0.15, 0.2) is 0 Å². The fourth-order valence-electron chi connectivity index (χ4n) is 15.9. The van der Waals surface area contributed by atoms with Crippen molar-refractivity contribution in [2.45, 2.75) is 38.5 Å². The maximum absolute atomic E-state index is 2.52. The molecule has 0 spiro atoms. The Bertz CT molecular complexity index is 5930. The number of hydrogen-bond acceptors (Lipinski definition) is 0. The van der Waals surface area contributed by atoms with Gasteiger partial charge in [-0.2, -0.15) is 0 Å². The summed E-state index contributed by atoms with van der Waals surface area (Å²) in [5.41, 5.74) is 23.5. The maximum atomic E-state index is 2.52. The molecule has 0 saturated carbocycles. The third-order valence-corrected chi connectivity index (χ3v) is 20.7. The molecule has 0 radical (unpaired) electrons. The summed E-state index contributed by atoms with van der Waals surface area (Å²) in [6.45, 7) is 9.57. The van der Waals surface area contributed by atoms with Gasteiger partial charge < -0.3 is 0 Å². The minimum atomic E-state index is -0.146. The zero-order chi connectivity index (χ0) is 61.4. The number of benzene rings is 17. The van der Waals surface area contributed by atoms with Crippen LogP contribution in [0.2, 0.25) is 0 Å². The minimum absolute atomic E-state index is 0.0371. The van der Waals surface area contributed by atoms with Crippen LogP contribution in [0.4, 0.5) is 0 Å². The largest absolute Gasteiger partial charge is 0.0622 e. The molecule has 17 aromatic rings. The molecule has 0 unspecified atom stereocenters. The predicted molar refractivity (Wildman–Crippen MR) is 395 cm³/mol. The first-order valence-electron chi connectivity index (χ1n) is 32.4. The highest BCUT2D eigenvalue weighted by Gasteiger charge is 2.39. The van der Waals surface area contributed by atoms with Gasteiger partial charge in [0.2, 0.25) is 0 Å². The van der Waals surface area contributed by atoms with Crippen LogP contribution in [0.25, 0.3) is 164 Å². The topological polar surface area (TPSA) is 0 Å². The van der Waals surface area contributed by atoms with Gasteiger partial charge in [0, 0.05) is 10.8 Å². The highest BCUT2D eigenvalue weighted by molar-refractivity contribution is 6.15. The van der Waals surface area contributed by atoms with Crippen LogP contribution in [0.5, 0.6) is 0 Å². The first kappa shape index (κ1) is 53.8. The van der Waals surface area contributed by atoms with E-state index in [0.29, 0.717) is 0 Å². The summed E-state index contributed by atoms with van der Waals surface area (Å²) in [5, 5.41) is 20.6. The molecule has 92 heavy (non-hydrogen) atoms. The van der Waals surface area contributed by atoms with Crippen LogP contribution in [0.15, 0.2) is 315 Å². The van der Waals surface area contributed by atoms with Crippen molar-refractivity contribution in [3.8, 4) is 77.9 Å². The lowest BCUT2D eigenvalue weighted by molar-refractivity contribution is 0.662. The van der Waals surface area contributed by atoms with Crippen molar-refractivity contribution in [1.29, 1.82) is 0 Å². The minimum Gasteiger partial charge on any atom is -0.0622 e. The van der Waals surface area contributed by atoms with Crippen LogP contribution >= 0.6 is 0 Å². The molecule has 0 fully saturated rings. The summed E-state index contributed by atoms with van der Waals surface area (Å²) in [4.78, 5) is 0. The van der Waals surface area contributed by atoms with E-state index in [0.717, 1.165) is 0 Å². The van der Waals surface area contributed by atoms with Gasteiger partial charge in [0.05, 0.1) is 0 Å². The van der Waals surface area contributed by atoms with Gasteiger partial charge in [-0.15, -0.1) is 0 Å². The zero-order valence-corrected chi connectivity index (χ0v) is 52.0. The molecule has 0 amide bonds. The number of rotatable bonds is 5. The van der Waals surface area contributed by atoms with E-state index in [9.17, 15) is 0 Å². The van der Waals surface area contributed by atoms with Gasteiger partial charge in [-0.1, -0.05) is 264 Å². The summed E-state index contributed by atoms with van der Waals surface area (Å²) in [7, 11) is 0. The Labute approximate surface area is 537 Å². The smallest absolute Gasteiger partial charge is 0.0165 e. The fourth-order valence-corrected chi connectivity index (χ4v) is 15.9. The SMILES string of the molecule is CC1(C)c2cc(-c3cc(-c4ccc5ccc(-c6ccccc6)cc5c4)cc4ccccc34)c3ccccc3c2-c2ccc3ccccc3c21.CC1(C)c2cc3ccccc3cc2-c2cc3ccc(-c4ccc5cc(-c6ccc7ccccc7c6)ccc5c4)cc3cc21. The molecule has 0 heteroatoms. The Balaban J connectivity index is 0.000000137. The molecule has 0 atom stereocenters. The summed E-state index contributed by atoms with van der Waals surface area (Å²) < 4.78 is 0. The molecule has 432 valence electrons. The lowest BCUT2D eigenvalue weighted by atomic mass is 9.78. The first-order valence-corrected chi connectivity index (χ1v) is 32.4. The second-order valence-electron chi connectivity index (χ2n) is 26.8. The van der Waals surface area contributed by atoms with Crippen molar-refractivity contribution in [2.24, 2.45) is 0 Å². The summed E-state index contributed by atoms with van der Waals surface area (Å²) >= 11 is 0. The highest BCUT2D eigenvalue weighted by atomic mass is 14.4. The Hall–Kier alpha value is -11.2. The van der Waals surface area contributed by atoms with Gasteiger partial charge >= 0.3 is 0 Å². The van der Waals surface area contributed by atoms with E-state index < -0.39 is 0 Å². The molecule has 19 rings (SSSR count). The van der Waals surface area contributed by atoms with Crippen LogP contribution < -0.4 is 0 Å². The van der Waals surface area contributed by atoms with Crippen LogP contribution in [0, 0.1) is 0 Å². The molecule has 2 aliphatic carbocycles. The molecule has 0 bridgehead atoms. The number of hydrogen-bond donors (Lipinski definition) is 0. The Morgan fingerprint density at radius 2 is 0.543 bits per heavy atom. The second kappa shape index (κ2) is 20.7. The third-order valence-electron chi connectivity index (χ3n) is 20.7. The Kier molecular flexibility index (Phi) is 12.1. The van der Waals surface area contributed by atoms with Crippen molar-refractivity contribution in [2.75, 3.05) is 0 Å². The standard InChI is InChI=1S/C49H34.C43H30/c1-49(2)46-30-45(41-18-10-11-19-42(41)47(46)43-25-24-33-14-6-9-17-40(33)48(43)49)44-29-38(28-36-15-7-8-16-39(36)44)35-23-21-32-20-22-34(26-37(32)27-35)31-12-4-3-5-13-31;1-43(2)41-25-30-10-6-5-9-29(30)23-39(41)40-24-37-18-17-36(22-38(37)26-42(40)43)35-16-15-33-20-32(13-14-34(33)21-35)31-12-11-27-7-3-4-8-28(27)19-31/h3-30H,1-2H3;3-26H,1-2H3. The molecule has 2 aliphatic rings. The van der Waals surface area contributed by atoms with Gasteiger partial charge in [0.25, 0.3) is 0 Å². The van der Waals surface area contributed by atoms with E-state index in [2.05, 4.69) is 343 Å². The van der Waals surface area contributed by atoms with Crippen molar-refractivity contribution >= 4 is 86.2 Å². The van der Waals surface area contributed by atoms with E-state index in [1.165, 1.54) is 186 Å². The average Bonchev–Trinajstić information content (AvgIpc) is 1.54. The fraction of sp³-hybridized carbons (Fsp3) is 0.0652. The van der Waals surface area contributed by atoms with E-state index >= 15 is 0 Å². The second-order valence-corrected chi connectivity index (χ2v) is 26.8. The van der Waals surface area contributed by atoms with Crippen molar-refractivity contribution in [3.63, 3.8) is 0 Å². The van der Waals surface area contributed by atoms with E-state index in [-0.39, 0.29) is 10.8 Å². The predicted octanol–water partition coefficient (Wildman–Crippen LogP) is 25.5. The summed E-state index contributed by atoms with van der Waals surface area (Å²) in [6, 6.07) is 117. The summed E-state index contributed by atoms with van der Waals surface area (Å²) in [6.07, 6.45) is 0. The van der Waals surface area contributed by atoms with Gasteiger partial charge in [-0.25, -0.2) is 0 Å². The Morgan fingerprint density at radius 1 is 0.174 bits per heavy atom. The van der Waals surface area contributed by atoms with Gasteiger partial charge in [-0.05, 0) is 265 Å². The normalized spacial score (nSPS) is 13.4. The monoisotopic (exact) mass is 1170 g/mol. The lowest BCUT2D eigenvalue weighted by Crippen LogP contribution is -2.15. The molecule has 0 aromatic heterocycles. The van der Waals surface area contributed by atoms with Crippen LogP contribution in [-0.4, -0.2) is 0 Å². The van der Waals surface area contributed by atoms with Crippen LogP contribution in [-0.2, 0) is 10.8 Å². The quantitative estimate of drug-likeness (QED) is 0.161. The maximum Gasteiger partial charge on any atom is 0.0165 e. The van der Waals surface area contributed by atoms with E-state index in [4.69, 9.17) is 0 Å². The van der Waals surface area contributed by atoms with Crippen molar-refractivity contribution in [1.82, 2.24) is 0 Å². The Morgan fingerprint density at radius 3 is 1.15 bits per heavy atom. The van der Waals surface area contributed by atoms with E-state index in [1.807, 2.05) is 0 Å². The van der Waals surface area contributed by atoms with E-state index in [1.54, 1.807) is 0 Å². The van der Waals surface area contributed by atoms with Crippen molar-refractivity contribution < 1.29 is 0 Å². The molecule has 0 N–H and O–H groups in total. The molecule has 0 nitrogen and oxygen atoms in total. The average molecular weight is 1170 g/mol. The van der Waals surface area contributed by atoms with Gasteiger partial charge in [-0.3, -0.25) is 0 Å². The van der Waals surface area contributed by atoms with Crippen LogP contribution in [0.1, 0.15) is 49.9 Å². The zero-order valence-electron chi connectivity index (χ0n) is 52.0. The molecule has 17 aromatic carbocycles. The molecular weight excluding hydrogens is 1110 g/mol. The van der Waals surface area contributed by atoms with Gasteiger partial charge in [0.1, 0.15) is 0 Å². The van der Waals surface area contributed by atoms with Crippen molar-refractivity contribution in [3.05, 3.63) is 338 Å². The molecule has 0 heterocycles. The lowest BCUT2D eigenvalue weighted by Gasteiger charge is -2.24. The highest BCUT2D eigenvalue weighted by Crippen LogP contribution is 2.56. The molecule has 0 saturated heterocycles. The first-order chi connectivity index (χ1) is 45.1. The third kappa shape index (κ3) is 8.66. The number of fused-ring (bicyclic) bond motifs is 16. The molecule has 0 aliphatic heterocycles. The van der Waals surface area contributed by atoms with Crippen LogP contribution in [0.3, 0.4) is 0 Å². The molecular formula is C92H64. The summed E-state index contributed by atoms with van der Waals surface area (Å²) in [5.74, 6) is 0.